The molecule has 99 heavy (non-hydrogen) atoms. The highest BCUT2D eigenvalue weighted by molar-refractivity contribution is 6.20. The predicted molar refractivity (Wildman–Crippen MR) is 411 cm³/mol. The molecule has 0 saturated carbocycles. The fourth-order valence-electron chi connectivity index (χ4n) is 16.6. The summed E-state index contributed by atoms with van der Waals surface area (Å²) >= 11 is 0. The van der Waals surface area contributed by atoms with Gasteiger partial charge in [0, 0.05) is 81.9 Å². The third kappa shape index (κ3) is 8.43. The quantitative estimate of drug-likeness (QED) is 0.117. The molecule has 6 heterocycles. The number of pyridine rings is 6. The average Bonchev–Trinajstić information content (AvgIpc) is 1.68. The van der Waals surface area contributed by atoms with Crippen molar-refractivity contribution in [3.63, 3.8) is 0 Å². The van der Waals surface area contributed by atoms with Gasteiger partial charge >= 0.3 is 0 Å². The van der Waals surface area contributed by atoms with Crippen molar-refractivity contribution in [3.8, 4) is 112 Å². The van der Waals surface area contributed by atoms with Gasteiger partial charge in [-0.2, -0.15) is 0 Å². The minimum atomic E-state index is -0.341. The molecule has 0 fully saturated rings. The van der Waals surface area contributed by atoms with E-state index < -0.39 is 0 Å². The molecule has 6 nitrogen and oxygen atoms in total. The van der Waals surface area contributed by atoms with Crippen LogP contribution in [0.25, 0.3) is 210 Å². The van der Waals surface area contributed by atoms with Gasteiger partial charge in [-0.15, -0.1) is 0 Å². The summed E-state index contributed by atoms with van der Waals surface area (Å²) in [6, 6.07) is 110. The Labute approximate surface area is 569 Å². The normalized spacial score (nSPS) is 12.8. The molecule has 0 unspecified atom stereocenters. The smallest absolute Gasteiger partial charge is 0.0978 e. The molecule has 0 bridgehead atoms. The van der Waals surface area contributed by atoms with E-state index in [-0.39, 0.29) is 5.41 Å². The van der Waals surface area contributed by atoms with Gasteiger partial charge in [-0.25, -0.2) is 29.9 Å². The number of hydrogen-bond donors (Lipinski definition) is 0. The minimum Gasteiger partial charge on any atom is -0.248 e. The van der Waals surface area contributed by atoms with Crippen molar-refractivity contribution in [1.29, 1.82) is 0 Å². The molecule has 0 aliphatic heterocycles. The molecule has 0 N–H and O–H groups in total. The Kier molecular flexibility index (Phi) is 11.8. The van der Waals surface area contributed by atoms with Gasteiger partial charge < -0.3 is 0 Å². The third-order valence-corrected chi connectivity index (χ3v) is 21.3. The summed E-state index contributed by atoms with van der Waals surface area (Å²) in [4.78, 5) is 32.5. The number of benzene rings is 13. The first-order valence-electron chi connectivity index (χ1n) is 34.0. The maximum absolute atomic E-state index is 5.75. The highest BCUT2D eigenvalue weighted by Crippen LogP contribution is 2.53. The van der Waals surface area contributed by atoms with Crippen LogP contribution in [-0.2, 0) is 5.41 Å². The minimum absolute atomic E-state index is 0.341. The summed E-state index contributed by atoms with van der Waals surface area (Å²) in [6.45, 7) is 4.74. The Morgan fingerprint density at radius 1 is 0.212 bits per heavy atom. The highest BCUT2D eigenvalue weighted by Gasteiger charge is 2.36. The van der Waals surface area contributed by atoms with Crippen LogP contribution in [-0.4, -0.2) is 29.9 Å². The zero-order valence-electron chi connectivity index (χ0n) is 54.1. The van der Waals surface area contributed by atoms with Gasteiger partial charge in [0.05, 0.1) is 66.9 Å². The third-order valence-electron chi connectivity index (χ3n) is 21.3. The Hall–Kier alpha value is -12.9. The molecular formula is C93H56N6. The van der Waals surface area contributed by atoms with Gasteiger partial charge in [-0.1, -0.05) is 232 Å². The topological polar surface area (TPSA) is 77.3 Å². The van der Waals surface area contributed by atoms with E-state index in [4.69, 9.17) is 29.9 Å². The molecule has 458 valence electrons. The average molecular weight is 1260 g/mol. The van der Waals surface area contributed by atoms with Gasteiger partial charge in [0.2, 0.25) is 0 Å². The van der Waals surface area contributed by atoms with Crippen molar-refractivity contribution < 1.29 is 0 Å². The van der Waals surface area contributed by atoms with Crippen LogP contribution in [0, 0.1) is 0 Å². The first kappa shape index (κ1) is 55.4. The number of aromatic nitrogens is 6. The van der Waals surface area contributed by atoms with E-state index in [1.807, 2.05) is 0 Å². The molecular weight excluding hydrogens is 1200 g/mol. The van der Waals surface area contributed by atoms with E-state index in [0.29, 0.717) is 0 Å². The lowest BCUT2D eigenvalue weighted by Gasteiger charge is -2.23. The SMILES string of the molecule is CC1(C)c2cc(-c3ccc4ccc5ccc(-c6cccc(-c7c8ccccc8nc8ccccc78)c6)nc5c4n3)ccc2-c2ccc(-c3cc4ccc(-c5ccc6c7c(cccc57)-c5ccccc5-6)nc4c4nc(-c5cccc(-c6c7ccccc7nc7ccccc67)c5)ccc34)cc21. The summed E-state index contributed by atoms with van der Waals surface area (Å²) < 4.78 is 0. The van der Waals surface area contributed by atoms with E-state index in [9.17, 15) is 0 Å². The second-order valence-corrected chi connectivity index (χ2v) is 27.2. The summed E-state index contributed by atoms with van der Waals surface area (Å²) in [5, 5.41) is 11.1. The van der Waals surface area contributed by atoms with Crippen molar-refractivity contribution in [2.24, 2.45) is 0 Å². The van der Waals surface area contributed by atoms with Crippen LogP contribution < -0.4 is 0 Å². The molecule has 6 aromatic heterocycles. The van der Waals surface area contributed by atoms with Crippen LogP contribution >= 0.6 is 0 Å². The van der Waals surface area contributed by atoms with Gasteiger partial charge in [-0.3, -0.25) is 0 Å². The van der Waals surface area contributed by atoms with E-state index in [2.05, 4.69) is 317 Å². The van der Waals surface area contributed by atoms with Crippen molar-refractivity contribution >= 4 is 98.0 Å². The number of fused-ring (bicyclic) bond motifs is 16. The van der Waals surface area contributed by atoms with Crippen molar-refractivity contribution in [3.05, 3.63) is 314 Å². The number of hydrogen-bond acceptors (Lipinski definition) is 6. The molecule has 21 rings (SSSR count). The number of nitrogens with zero attached hydrogens (tertiary/aromatic N) is 6. The van der Waals surface area contributed by atoms with E-state index >= 15 is 0 Å². The Bertz CT molecular complexity index is 6650. The maximum Gasteiger partial charge on any atom is 0.0978 e. The molecule has 0 radical (unpaired) electrons. The zero-order chi connectivity index (χ0) is 65.2. The number of rotatable bonds is 7. The monoisotopic (exact) mass is 1260 g/mol. The summed E-state index contributed by atoms with van der Waals surface area (Å²) in [7, 11) is 0. The lowest BCUT2D eigenvalue weighted by molar-refractivity contribution is 0.661. The first-order valence-corrected chi connectivity index (χ1v) is 34.0. The molecule has 0 saturated heterocycles. The van der Waals surface area contributed by atoms with Gasteiger partial charge in [0.1, 0.15) is 0 Å². The second kappa shape index (κ2) is 21.0. The van der Waals surface area contributed by atoms with Gasteiger partial charge in [0.15, 0.2) is 0 Å². The molecule has 19 aromatic rings. The summed E-state index contributed by atoms with van der Waals surface area (Å²) in [5.41, 5.74) is 31.8. The highest BCUT2D eigenvalue weighted by atomic mass is 14.8. The Morgan fingerprint density at radius 3 is 1.17 bits per heavy atom. The first-order chi connectivity index (χ1) is 48.8. The van der Waals surface area contributed by atoms with Crippen LogP contribution in [0.3, 0.4) is 0 Å². The predicted octanol–water partition coefficient (Wildman–Crippen LogP) is 24.1. The van der Waals surface area contributed by atoms with Crippen LogP contribution in [0.15, 0.2) is 303 Å². The summed E-state index contributed by atoms with van der Waals surface area (Å²) in [6.07, 6.45) is 0. The Balaban J connectivity index is 0.667. The van der Waals surface area contributed by atoms with Crippen molar-refractivity contribution in [2.45, 2.75) is 19.3 Å². The van der Waals surface area contributed by atoms with E-state index in [1.54, 1.807) is 0 Å². The van der Waals surface area contributed by atoms with Crippen LogP contribution in [0.4, 0.5) is 0 Å². The van der Waals surface area contributed by atoms with Crippen molar-refractivity contribution in [2.75, 3.05) is 0 Å². The molecule has 0 spiro atoms. The Morgan fingerprint density at radius 2 is 0.596 bits per heavy atom. The summed E-state index contributed by atoms with van der Waals surface area (Å²) in [5.74, 6) is 0. The zero-order valence-corrected chi connectivity index (χ0v) is 54.1. The van der Waals surface area contributed by atoms with Crippen LogP contribution in [0.1, 0.15) is 25.0 Å². The molecule has 0 atom stereocenters. The van der Waals surface area contributed by atoms with Crippen molar-refractivity contribution in [1.82, 2.24) is 29.9 Å². The lowest BCUT2D eigenvalue weighted by Crippen LogP contribution is -2.15. The molecule has 6 heteroatoms. The van der Waals surface area contributed by atoms with Gasteiger partial charge in [0.25, 0.3) is 0 Å². The van der Waals surface area contributed by atoms with Gasteiger partial charge in [-0.05, 0) is 162 Å². The molecule has 2 aliphatic carbocycles. The molecule has 0 amide bonds. The number of para-hydroxylation sites is 4. The largest absolute Gasteiger partial charge is 0.248 e. The standard InChI is InChI=1S/C93H56N6/c1-93(2)76-51-55(34-39-64(76)65-40-35-58(52-77(65)93)79-45-37-54-33-32-53-36-44-78(96-89(53)90(54)97-79)56-16-13-18-59(48-56)86-71-22-5-9-28-81(71)94-82-29-10-6-23-72(82)86)75-50-61-38-46-85(66-41-42-69-63-21-4-3-20-62(63)67-26-15-27-68(66)88(67)69)99-91(61)92-70(75)43-47-80(98-92)57-17-14-19-60(49-57)87-73-24-7-11-30-83(73)95-84-31-12-8-25-74(84)87/h3-52H,1-2H3. The molecule has 2 aliphatic rings. The van der Waals surface area contributed by atoms with E-state index in [1.165, 1.54) is 66.4 Å². The molecule has 13 aromatic carbocycles. The fraction of sp³-hybridized carbons (Fsp3) is 0.0323. The maximum atomic E-state index is 5.75. The van der Waals surface area contributed by atoms with E-state index in [0.717, 1.165) is 155 Å². The van der Waals surface area contributed by atoms with Crippen LogP contribution in [0.5, 0.6) is 0 Å². The second-order valence-electron chi connectivity index (χ2n) is 27.2. The van der Waals surface area contributed by atoms with Crippen LogP contribution in [0.2, 0.25) is 0 Å². The fourth-order valence-corrected chi connectivity index (χ4v) is 16.6. The lowest BCUT2D eigenvalue weighted by atomic mass is 9.80.